The lowest BCUT2D eigenvalue weighted by molar-refractivity contribution is 0.627. The van der Waals surface area contributed by atoms with Gasteiger partial charge in [0.15, 0.2) is 0 Å². The summed E-state index contributed by atoms with van der Waals surface area (Å²) in [6.45, 7) is 0. The first-order chi connectivity index (χ1) is 6.68. The van der Waals surface area contributed by atoms with Gasteiger partial charge in [0.25, 0.3) is 0 Å². The van der Waals surface area contributed by atoms with Gasteiger partial charge in [-0.15, -0.1) is 4.80 Å². The molecule has 0 fully saturated rings. The first kappa shape index (κ1) is 8.96. The zero-order chi connectivity index (χ0) is 10.1. The van der Waals surface area contributed by atoms with E-state index in [4.69, 9.17) is 17.3 Å². The molecule has 0 aliphatic rings. The predicted molar refractivity (Wildman–Crippen MR) is 50.7 cm³/mol. The summed E-state index contributed by atoms with van der Waals surface area (Å²) in [4.78, 5) is 1.23. The van der Waals surface area contributed by atoms with E-state index in [2.05, 4.69) is 10.2 Å². The zero-order valence-corrected chi connectivity index (χ0v) is 7.74. The normalized spacial score (nSPS) is 10.4. The topological polar surface area (TPSA) is 56.7 Å². The van der Waals surface area contributed by atoms with Crippen molar-refractivity contribution in [2.45, 2.75) is 0 Å². The first-order valence-electron chi connectivity index (χ1n) is 3.79. The second-order valence-electron chi connectivity index (χ2n) is 2.64. The van der Waals surface area contributed by atoms with Crippen LogP contribution in [-0.4, -0.2) is 15.0 Å². The van der Waals surface area contributed by atoms with E-state index in [1.165, 1.54) is 29.3 Å². The van der Waals surface area contributed by atoms with E-state index in [1.807, 2.05) is 0 Å². The molecule has 0 atom stereocenters. The van der Waals surface area contributed by atoms with Crippen LogP contribution in [0.5, 0.6) is 0 Å². The van der Waals surface area contributed by atoms with Crippen LogP contribution in [0.1, 0.15) is 0 Å². The molecule has 1 heterocycles. The third kappa shape index (κ3) is 1.42. The number of aromatic nitrogens is 3. The van der Waals surface area contributed by atoms with Crippen LogP contribution >= 0.6 is 11.6 Å². The molecule has 0 spiro atoms. The van der Waals surface area contributed by atoms with Crippen molar-refractivity contribution in [3.8, 4) is 5.69 Å². The SMILES string of the molecule is Nc1cc(Cl)c(-n2nccn2)cc1F. The molecule has 2 N–H and O–H groups in total. The molecule has 0 saturated heterocycles. The first-order valence-corrected chi connectivity index (χ1v) is 4.17. The van der Waals surface area contributed by atoms with Crippen LogP contribution in [0.3, 0.4) is 0 Å². The minimum absolute atomic E-state index is 0.00547. The van der Waals surface area contributed by atoms with E-state index in [1.54, 1.807) is 0 Å². The van der Waals surface area contributed by atoms with Crippen molar-refractivity contribution in [2.24, 2.45) is 0 Å². The maximum Gasteiger partial charge on any atom is 0.148 e. The van der Waals surface area contributed by atoms with Gasteiger partial charge >= 0.3 is 0 Å². The van der Waals surface area contributed by atoms with Gasteiger partial charge in [0.1, 0.15) is 11.5 Å². The average Bonchev–Trinajstić information content (AvgIpc) is 2.64. The number of nitrogen functional groups attached to an aromatic ring is 1. The van der Waals surface area contributed by atoms with Gasteiger partial charge in [-0.1, -0.05) is 11.6 Å². The number of hydrogen-bond donors (Lipinski definition) is 1. The summed E-state index contributed by atoms with van der Waals surface area (Å²) in [5.41, 5.74) is 5.70. The molecule has 2 rings (SSSR count). The van der Waals surface area contributed by atoms with Crippen LogP contribution in [0.15, 0.2) is 24.5 Å². The van der Waals surface area contributed by atoms with Crippen LogP contribution in [-0.2, 0) is 0 Å². The fraction of sp³-hybridized carbons (Fsp3) is 0. The monoisotopic (exact) mass is 212 g/mol. The number of anilines is 1. The molecule has 72 valence electrons. The minimum Gasteiger partial charge on any atom is -0.396 e. The Kier molecular flexibility index (Phi) is 2.09. The second kappa shape index (κ2) is 3.26. The number of rotatable bonds is 1. The van der Waals surface area contributed by atoms with Gasteiger partial charge in [0, 0.05) is 6.07 Å². The molecule has 0 amide bonds. The Hall–Kier alpha value is -1.62. The van der Waals surface area contributed by atoms with Crippen LogP contribution in [0.2, 0.25) is 5.02 Å². The lowest BCUT2D eigenvalue weighted by atomic mass is 10.3. The molecule has 0 saturated carbocycles. The summed E-state index contributed by atoms with van der Waals surface area (Å²) in [6.07, 6.45) is 2.95. The Morgan fingerprint density at radius 1 is 1.29 bits per heavy atom. The fourth-order valence-corrected chi connectivity index (χ4v) is 1.29. The molecule has 0 unspecified atom stereocenters. The lowest BCUT2D eigenvalue weighted by Crippen LogP contribution is -2.01. The second-order valence-corrected chi connectivity index (χ2v) is 3.05. The van der Waals surface area contributed by atoms with Crippen LogP contribution < -0.4 is 5.73 Å². The van der Waals surface area contributed by atoms with Crippen molar-refractivity contribution < 1.29 is 4.39 Å². The maximum atomic E-state index is 13.1. The Morgan fingerprint density at radius 3 is 2.57 bits per heavy atom. The lowest BCUT2D eigenvalue weighted by Gasteiger charge is -2.04. The van der Waals surface area contributed by atoms with E-state index in [0.29, 0.717) is 10.7 Å². The predicted octanol–water partition coefficient (Wildman–Crippen LogP) is 1.64. The van der Waals surface area contributed by atoms with Gasteiger partial charge in [0.2, 0.25) is 0 Å². The Bertz CT molecular complexity index is 455. The van der Waals surface area contributed by atoms with E-state index in [-0.39, 0.29) is 5.69 Å². The summed E-state index contributed by atoms with van der Waals surface area (Å²) in [5.74, 6) is -0.540. The molecule has 0 aliphatic carbocycles. The molecule has 0 aliphatic heterocycles. The maximum absolute atomic E-state index is 13.1. The van der Waals surface area contributed by atoms with Crippen molar-refractivity contribution in [3.05, 3.63) is 35.4 Å². The van der Waals surface area contributed by atoms with Gasteiger partial charge in [-0.05, 0) is 6.07 Å². The van der Waals surface area contributed by atoms with E-state index in [0.717, 1.165) is 0 Å². The fourth-order valence-electron chi connectivity index (χ4n) is 1.05. The third-order valence-corrected chi connectivity index (χ3v) is 2.00. The molecule has 1 aromatic carbocycles. The van der Waals surface area contributed by atoms with E-state index in [9.17, 15) is 4.39 Å². The van der Waals surface area contributed by atoms with Crippen LogP contribution in [0, 0.1) is 5.82 Å². The van der Waals surface area contributed by atoms with Crippen molar-refractivity contribution in [2.75, 3.05) is 5.73 Å². The minimum atomic E-state index is -0.540. The molecular formula is C8H6ClFN4. The number of benzene rings is 1. The highest BCUT2D eigenvalue weighted by Crippen LogP contribution is 2.24. The molecular weight excluding hydrogens is 207 g/mol. The zero-order valence-electron chi connectivity index (χ0n) is 6.98. The highest BCUT2D eigenvalue weighted by Gasteiger charge is 2.08. The third-order valence-electron chi connectivity index (χ3n) is 1.70. The summed E-state index contributed by atoms with van der Waals surface area (Å²) in [7, 11) is 0. The molecule has 6 heteroatoms. The van der Waals surface area contributed by atoms with Crippen molar-refractivity contribution in [1.82, 2.24) is 15.0 Å². The highest BCUT2D eigenvalue weighted by molar-refractivity contribution is 6.32. The molecule has 0 bridgehead atoms. The van der Waals surface area contributed by atoms with Crippen LogP contribution in [0.25, 0.3) is 5.69 Å². The van der Waals surface area contributed by atoms with Gasteiger partial charge in [0.05, 0.1) is 23.1 Å². The molecule has 1 aromatic heterocycles. The summed E-state index contributed by atoms with van der Waals surface area (Å²) < 4.78 is 13.1. The molecule has 4 nitrogen and oxygen atoms in total. The summed E-state index contributed by atoms with van der Waals surface area (Å²) >= 11 is 5.85. The van der Waals surface area contributed by atoms with Crippen molar-refractivity contribution >= 4 is 17.3 Å². The Morgan fingerprint density at radius 2 is 1.93 bits per heavy atom. The van der Waals surface area contributed by atoms with Crippen LogP contribution in [0.4, 0.5) is 10.1 Å². The number of nitrogens with two attached hydrogens (primary N) is 1. The van der Waals surface area contributed by atoms with Gasteiger partial charge < -0.3 is 5.73 Å². The largest absolute Gasteiger partial charge is 0.396 e. The average molecular weight is 213 g/mol. The summed E-state index contributed by atoms with van der Waals surface area (Å²) in [6, 6.07) is 2.52. The van der Waals surface area contributed by atoms with Crippen molar-refractivity contribution in [1.29, 1.82) is 0 Å². The number of halogens is 2. The van der Waals surface area contributed by atoms with E-state index < -0.39 is 5.82 Å². The Balaban J connectivity index is 2.60. The highest BCUT2D eigenvalue weighted by atomic mass is 35.5. The molecule has 14 heavy (non-hydrogen) atoms. The number of nitrogens with zero attached hydrogens (tertiary/aromatic N) is 3. The molecule has 2 aromatic rings. The summed E-state index contributed by atoms with van der Waals surface area (Å²) in [5, 5.41) is 7.97. The standard InChI is InChI=1S/C8H6ClFN4/c9-5-3-7(11)6(10)4-8(5)14-12-1-2-13-14/h1-4H,11H2. The van der Waals surface area contributed by atoms with Gasteiger partial charge in [-0.25, -0.2) is 4.39 Å². The molecule has 0 radical (unpaired) electrons. The van der Waals surface area contributed by atoms with Crippen molar-refractivity contribution in [3.63, 3.8) is 0 Å². The van der Waals surface area contributed by atoms with Gasteiger partial charge in [-0.2, -0.15) is 10.2 Å². The van der Waals surface area contributed by atoms with E-state index >= 15 is 0 Å². The smallest absolute Gasteiger partial charge is 0.148 e. The Labute approximate surface area is 84.1 Å². The van der Waals surface area contributed by atoms with Gasteiger partial charge in [-0.3, -0.25) is 0 Å². The quantitative estimate of drug-likeness (QED) is 0.732. The number of hydrogen-bond acceptors (Lipinski definition) is 3.